The van der Waals surface area contributed by atoms with Gasteiger partial charge in [0.15, 0.2) is 22.2 Å². The number of benzene rings is 1. The second-order valence-corrected chi connectivity index (χ2v) is 8.44. The van der Waals surface area contributed by atoms with Gasteiger partial charge in [-0.15, -0.1) is 0 Å². The summed E-state index contributed by atoms with van der Waals surface area (Å²) in [6.45, 7) is -0.423. The molecule has 0 spiro atoms. The Labute approximate surface area is 150 Å². The molecule has 1 fully saturated rings. The molecule has 1 atom stereocenters. The van der Waals surface area contributed by atoms with Crippen LogP contribution >= 0.6 is 0 Å². The summed E-state index contributed by atoms with van der Waals surface area (Å²) in [6, 6.07) is 7.87. The zero-order valence-electron chi connectivity index (χ0n) is 14.0. The van der Waals surface area contributed by atoms with E-state index < -0.39 is 28.5 Å². The number of esters is 1. The predicted molar refractivity (Wildman–Crippen MR) is 92.3 cm³/mol. The van der Waals surface area contributed by atoms with Crippen molar-refractivity contribution in [1.82, 2.24) is 5.01 Å². The van der Waals surface area contributed by atoms with Crippen molar-refractivity contribution in [2.45, 2.75) is 25.3 Å². The van der Waals surface area contributed by atoms with Crippen molar-refractivity contribution in [2.75, 3.05) is 18.1 Å². The first-order valence-corrected chi connectivity index (χ1v) is 10.0. The average molecular weight is 378 g/mol. The van der Waals surface area contributed by atoms with Crippen molar-refractivity contribution in [3.63, 3.8) is 0 Å². The van der Waals surface area contributed by atoms with E-state index in [1.807, 2.05) is 0 Å². The van der Waals surface area contributed by atoms with Crippen molar-refractivity contribution in [2.24, 2.45) is 5.10 Å². The van der Waals surface area contributed by atoms with Gasteiger partial charge in [-0.1, -0.05) is 30.3 Å². The molecule has 138 valence electrons. The minimum Gasteiger partial charge on any atom is -0.453 e. The fourth-order valence-electron chi connectivity index (χ4n) is 2.89. The molecule has 1 amide bonds. The van der Waals surface area contributed by atoms with Crippen LogP contribution in [0.1, 0.15) is 29.6 Å². The molecule has 0 N–H and O–H groups in total. The number of hydrazone groups is 1. The molecular formula is C17H18N2O6S. The molecule has 8 nitrogen and oxygen atoms in total. The minimum absolute atomic E-state index is 0.00231. The van der Waals surface area contributed by atoms with E-state index in [-0.39, 0.29) is 41.7 Å². The molecule has 0 aliphatic carbocycles. The van der Waals surface area contributed by atoms with Crippen molar-refractivity contribution in [3.05, 3.63) is 35.9 Å². The molecule has 0 radical (unpaired) electrons. The van der Waals surface area contributed by atoms with Crippen LogP contribution in [0, 0.1) is 0 Å². The molecule has 0 bridgehead atoms. The van der Waals surface area contributed by atoms with Crippen molar-refractivity contribution in [1.29, 1.82) is 0 Å². The molecule has 1 aromatic rings. The number of carbonyl (C=O) groups excluding carboxylic acids is 3. The van der Waals surface area contributed by atoms with Crippen LogP contribution in [-0.4, -0.2) is 61.0 Å². The van der Waals surface area contributed by atoms with Gasteiger partial charge in [0.1, 0.15) is 5.71 Å². The summed E-state index contributed by atoms with van der Waals surface area (Å²) in [4.78, 5) is 36.2. The lowest BCUT2D eigenvalue weighted by Crippen LogP contribution is -2.42. The fraction of sp³-hybridized carbons (Fsp3) is 0.412. The Kier molecular flexibility index (Phi) is 5.17. The highest BCUT2D eigenvalue weighted by molar-refractivity contribution is 7.91. The summed E-state index contributed by atoms with van der Waals surface area (Å²) in [7, 11) is -3.18. The van der Waals surface area contributed by atoms with E-state index in [9.17, 15) is 22.8 Å². The molecule has 2 heterocycles. The van der Waals surface area contributed by atoms with E-state index in [2.05, 4.69) is 5.10 Å². The van der Waals surface area contributed by atoms with Crippen molar-refractivity contribution >= 4 is 33.2 Å². The van der Waals surface area contributed by atoms with Crippen molar-refractivity contribution in [3.8, 4) is 0 Å². The third kappa shape index (κ3) is 4.16. The molecule has 9 heteroatoms. The summed E-state index contributed by atoms with van der Waals surface area (Å²) in [5.74, 6) is -1.58. The SMILES string of the molecule is O=C(OCC(=O)c1ccccc1)C1=NN([C@@H]2CCS(=O)(=O)C2)C(=O)CC1. The van der Waals surface area contributed by atoms with Crippen LogP contribution < -0.4 is 0 Å². The van der Waals surface area contributed by atoms with E-state index in [0.29, 0.717) is 12.0 Å². The molecule has 0 aromatic heterocycles. The molecule has 1 aromatic carbocycles. The maximum Gasteiger partial charge on any atom is 0.354 e. The van der Waals surface area contributed by atoms with Gasteiger partial charge in [-0.3, -0.25) is 9.59 Å². The Morgan fingerprint density at radius 1 is 1.19 bits per heavy atom. The van der Waals surface area contributed by atoms with Crippen LogP contribution in [0.5, 0.6) is 0 Å². The van der Waals surface area contributed by atoms with Gasteiger partial charge in [-0.25, -0.2) is 18.2 Å². The topological polar surface area (TPSA) is 110 Å². The summed E-state index contributed by atoms with van der Waals surface area (Å²) < 4.78 is 28.2. The smallest absolute Gasteiger partial charge is 0.354 e. The Balaban J connectivity index is 1.64. The highest BCUT2D eigenvalue weighted by Crippen LogP contribution is 2.22. The fourth-order valence-corrected chi connectivity index (χ4v) is 4.59. The molecule has 0 saturated carbocycles. The normalized spacial score (nSPS) is 22.0. The minimum atomic E-state index is -3.18. The van der Waals surface area contributed by atoms with E-state index in [1.165, 1.54) is 0 Å². The second-order valence-electron chi connectivity index (χ2n) is 6.21. The third-order valence-corrected chi connectivity index (χ3v) is 6.03. The summed E-state index contributed by atoms with van der Waals surface area (Å²) >= 11 is 0. The van der Waals surface area contributed by atoms with Gasteiger partial charge in [0.2, 0.25) is 5.91 Å². The van der Waals surface area contributed by atoms with Crippen LogP contribution in [-0.2, 0) is 24.2 Å². The Bertz CT molecular complexity index is 862. The van der Waals surface area contributed by atoms with E-state index in [0.717, 1.165) is 5.01 Å². The molecule has 1 saturated heterocycles. The van der Waals surface area contributed by atoms with E-state index in [4.69, 9.17) is 4.74 Å². The maximum atomic E-state index is 12.2. The van der Waals surface area contributed by atoms with E-state index in [1.54, 1.807) is 30.3 Å². The zero-order valence-corrected chi connectivity index (χ0v) is 14.8. The summed E-state index contributed by atoms with van der Waals surface area (Å²) in [5, 5.41) is 5.10. The first kappa shape index (κ1) is 18.2. The second kappa shape index (κ2) is 7.36. The first-order valence-electron chi connectivity index (χ1n) is 8.21. The van der Waals surface area contributed by atoms with Crippen LogP contribution in [0.15, 0.2) is 35.4 Å². The van der Waals surface area contributed by atoms with Gasteiger partial charge >= 0.3 is 5.97 Å². The van der Waals surface area contributed by atoms with Crippen LogP contribution in [0.3, 0.4) is 0 Å². The largest absolute Gasteiger partial charge is 0.453 e. The number of ether oxygens (including phenoxy) is 1. The number of nitrogens with zero attached hydrogens (tertiary/aromatic N) is 2. The maximum absolute atomic E-state index is 12.2. The predicted octanol–water partition coefficient (Wildman–Crippen LogP) is 0.578. The number of hydrogen-bond acceptors (Lipinski definition) is 7. The summed E-state index contributed by atoms with van der Waals surface area (Å²) in [5.41, 5.74) is 0.452. The summed E-state index contributed by atoms with van der Waals surface area (Å²) in [6.07, 6.45) is 0.455. The number of sulfone groups is 1. The lowest BCUT2D eigenvalue weighted by atomic mass is 10.1. The van der Waals surface area contributed by atoms with Crippen LogP contribution in [0.2, 0.25) is 0 Å². The molecule has 0 unspecified atom stereocenters. The lowest BCUT2D eigenvalue weighted by molar-refractivity contribution is -0.136. The Hall–Kier alpha value is -2.55. The zero-order chi connectivity index (χ0) is 18.7. The number of Topliss-reactive ketones (excluding diaryl/α,β-unsaturated/α-hetero) is 1. The number of carbonyl (C=O) groups is 3. The van der Waals surface area contributed by atoms with Gasteiger partial charge in [0.05, 0.1) is 17.5 Å². The van der Waals surface area contributed by atoms with Crippen LogP contribution in [0.25, 0.3) is 0 Å². The molecule has 2 aliphatic heterocycles. The number of ketones is 1. The highest BCUT2D eigenvalue weighted by atomic mass is 32.2. The Morgan fingerprint density at radius 2 is 1.92 bits per heavy atom. The number of amides is 1. The standard InChI is InChI=1S/C17H18N2O6S/c20-15(12-4-2-1-3-5-12)10-25-17(22)14-6-7-16(21)19(18-14)13-8-9-26(23,24)11-13/h1-5,13H,6-11H2/t13-/m1/s1. The van der Waals surface area contributed by atoms with Gasteiger partial charge < -0.3 is 4.74 Å². The first-order chi connectivity index (χ1) is 12.4. The van der Waals surface area contributed by atoms with Gasteiger partial charge in [0, 0.05) is 18.4 Å². The molecule has 26 heavy (non-hydrogen) atoms. The molecule has 3 rings (SSSR count). The lowest BCUT2D eigenvalue weighted by Gasteiger charge is -2.27. The number of rotatable bonds is 5. The Morgan fingerprint density at radius 3 is 2.58 bits per heavy atom. The average Bonchev–Trinajstić information content (AvgIpc) is 3.00. The quantitative estimate of drug-likeness (QED) is 0.547. The number of hydrogen-bond donors (Lipinski definition) is 0. The van der Waals surface area contributed by atoms with Crippen LogP contribution in [0.4, 0.5) is 0 Å². The van der Waals surface area contributed by atoms with Crippen molar-refractivity contribution < 1.29 is 27.5 Å². The monoisotopic (exact) mass is 378 g/mol. The third-order valence-electron chi connectivity index (χ3n) is 4.28. The van der Waals surface area contributed by atoms with Gasteiger partial charge in [-0.05, 0) is 6.42 Å². The van der Waals surface area contributed by atoms with Gasteiger partial charge in [0.25, 0.3) is 0 Å². The highest BCUT2D eigenvalue weighted by Gasteiger charge is 2.37. The van der Waals surface area contributed by atoms with Gasteiger partial charge in [-0.2, -0.15) is 5.10 Å². The molecule has 2 aliphatic rings. The molecular weight excluding hydrogens is 360 g/mol. The van der Waals surface area contributed by atoms with E-state index >= 15 is 0 Å².